The summed E-state index contributed by atoms with van der Waals surface area (Å²) in [6.07, 6.45) is 0. The summed E-state index contributed by atoms with van der Waals surface area (Å²) in [5.74, 6) is -0.317. The van der Waals surface area contributed by atoms with Crippen LogP contribution in [-0.2, 0) is 15.3 Å². The van der Waals surface area contributed by atoms with Crippen LogP contribution >= 0.6 is 0 Å². The second-order valence-corrected chi connectivity index (χ2v) is 5.00. The summed E-state index contributed by atoms with van der Waals surface area (Å²) >= 11 is 0. The van der Waals surface area contributed by atoms with Crippen molar-refractivity contribution in [2.24, 2.45) is 11.7 Å². The van der Waals surface area contributed by atoms with Gasteiger partial charge >= 0.3 is 0 Å². The minimum atomic E-state index is -0.747. The van der Waals surface area contributed by atoms with E-state index in [1.54, 1.807) is 0 Å². The van der Waals surface area contributed by atoms with Crippen molar-refractivity contribution in [2.45, 2.75) is 26.6 Å². The Hall–Kier alpha value is -0.900. The third-order valence-electron chi connectivity index (χ3n) is 3.27. The molecule has 17 heavy (non-hydrogen) atoms. The summed E-state index contributed by atoms with van der Waals surface area (Å²) in [7, 11) is 0. The SMILES string of the molecule is Cc1ccc(C)c(C2(CN)OCC(C)CO2)c1. The summed E-state index contributed by atoms with van der Waals surface area (Å²) in [5, 5.41) is 0. The Labute approximate surface area is 103 Å². The molecule has 1 saturated heterocycles. The van der Waals surface area contributed by atoms with Gasteiger partial charge in [0.15, 0.2) is 0 Å². The zero-order valence-corrected chi connectivity index (χ0v) is 10.8. The standard InChI is InChI=1S/C14H21NO2/c1-10-4-5-12(3)13(6-10)14(9-15)16-7-11(2)8-17-14/h4-6,11H,7-9,15H2,1-3H3. The van der Waals surface area contributed by atoms with Crippen molar-refractivity contribution >= 4 is 0 Å². The molecule has 0 unspecified atom stereocenters. The zero-order valence-electron chi connectivity index (χ0n) is 10.8. The maximum Gasteiger partial charge on any atom is 0.207 e. The Bertz CT molecular complexity index is 395. The van der Waals surface area contributed by atoms with Crippen LogP contribution in [0.25, 0.3) is 0 Å². The van der Waals surface area contributed by atoms with E-state index in [1.165, 1.54) is 5.56 Å². The average Bonchev–Trinajstić information content (AvgIpc) is 2.34. The van der Waals surface area contributed by atoms with E-state index >= 15 is 0 Å². The van der Waals surface area contributed by atoms with Crippen LogP contribution in [0.3, 0.4) is 0 Å². The number of aryl methyl sites for hydroxylation is 2. The molecular weight excluding hydrogens is 214 g/mol. The molecule has 2 N–H and O–H groups in total. The van der Waals surface area contributed by atoms with Gasteiger partial charge in [0.2, 0.25) is 5.79 Å². The van der Waals surface area contributed by atoms with E-state index in [0.29, 0.717) is 25.7 Å². The van der Waals surface area contributed by atoms with Crippen LogP contribution in [0.2, 0.25) is 0 Å². The first kappa shape index (κ1) is 12.6. The molecule has 0 spiro atoms. The van der Waals surface area contributed by atoms with Gasteiger partial charge in [0, 0.05) is 11.5 Å². The molecule has 1 aliphatic rings. The van der Waals surface area contributed by atoms with Crippen molar-refractivity contribution in [1.29, 1.82) is 0 Å². The quantitative estimate of drug-likeness (QED) is 0.853. The first-order chi connectivity index (χ1) is 8.07. The van der Waals surface area contributed by atoms with E-state index in [2.05, 4.69) is 39.0 Å². The summed E-state index contributed by atoms with van der Waals surface area (Å²) < 4.78 is 11.8. The van der Waals surface area contributed by atoms with Gasteiger partial charge in [-0.2, -0.15) is 0 Å². The molecular formula is C14H21NO2. The van der Waals surface area contributed by atoms with Crippen LogP contribution in [0.4, 0.5) is 0 Å². The monoisotopic (exact) mass is 235 g/mol. The van der Waals surface area contributed by atoms with Gasteiger partial charge in [-0.05, 0) is 19.4 Å². The number of rotatable bonds is 2. The van der Waals surface area contributed by atoms with Crippen LogP contribution < -0.4 is 5.73 Å². The lowest BCUT2D eigenvalue weighted by Crippen LogP contribution is -2.47. The molecule has 0 bridgehead atoms. The normalized spacial score (nSPS) is 29.3. The molecule has 94 valence electrons. The van der Waals surface area contributed by atoms with Crippen LogP contribution in [0.1, 0.15) is 23.6 Å². The van der Waals surface area contributed by atoms with Gasteiger partial charge in [-0.3, -0.25) is 0 Å². The molecule has 1 aliphatic heterocycles. The summed E-state index contributed by atoms with van der Waals surface area (Å²) in [6, 6.07) is 6.29. The molecule has 1 fully saturated rings. The highest BCUT2D eigenvalue weighted by atomic mass is 16.7. The first-order valence-corrected chi connectivity index (χ1v) is 6.13. The topological polar surface area (TPSA) is 44.5 Å². The molecule has 1 heterocycles. The van der Waals surface area contributed by atoms with E-state index in [1.807, 2.05) is 0 Å². The third-order valence-corrected chi connectivity index (χ3v) is 3.27. The van der Waals surface area contributed by atoms with Gasteiger partial charge in [-0.15, -0.1) is 0 Å². The fourth-order valence-corrected chi connectivity index (χ4v) is 2.17. The number of nitrogens with two attached hydrogens (primary N) is 1. The van der Waals surface area contributed by atoms with E-state index in [0.717, 1.165) is 11.1 Å². The molecule has 0 radical (unpaired) electrons. The Kier molecular flexibility index (Phi) is 3.52. The molecule has 3 nitrogen and oxygen atoms in total. The summed E-state index contributed by atoms with van der Waals surface area (Å²) in [5.41, 5.74) is 9.31. The summed E-state index contributed by atoms with van der Waals surface area (Å²) in [4.78, 5) is 0. The van der Waals surface area contributed by atoms with E-state index < -0.39 is 5.79 Å². The average molecular weight is 235 g/mol. The van der Waals surface area contributed by atoms with Crippen molar-refractivity contribution in [1.82, 2.24) is 0 Å². The van der Waals surface area contributed by atoms with E-state index in [9.17, 15) is 0 Å². The second kappa shape index (κ2) is 4.77. The van der Waals surface area contributed by atoms with Gasteiger partial charge in [0.1, 0.15) is 0 Å². The number of ether oxygens (including phenoxy) is 2. The van der Waals surface area contributed by atoms with Crippen LogP contribution in [0.15, 0.2) is 18.2 Å². The minimum absolute atomic E-state index is 0.351. The highest BCUT2D eigenvalue weighted by Crippen LogP contribution is 2.33. The molecule has 0 atom stereocenters. The van der Waals surface area contributed by atoms with E-state index in [-0.39, 0.29) is 0 Å². The predicted octanol–water partition coefficient (Wildman–Crippen LogP) is 2.10. The lowest BCUT2D eigenvalue weighted by molar-refractivity contribution is -0.284. The molecule has 0 aliphatic carbocycles. The number of benzene rings is 1. The lowest BCUT2D eigenvalue weighted by Gasteiger charge is -2.39. The zero-order chi connectivity index (χ0) is 12.5. The number of hydrogen-bond acceptors (Lipinski definition) is 3. The minimum Gasteiger partial charge on any atom is -0.344 e. The molecule has 0 saturated carbocycles. The van der Waals surface area contributed by atoms with Crippen molar-refractivity contribution < 1.29 is 9.47 Å². The lowest BCUT2D eigenvalue weighted by atomic mass is 9.96. The predicted molar refractivity (Wildman–Crippen MR) is 67.7 cm³/mol. The van der Waals surface area contributed by atoms with Gasteiger partial charge in [-0.25, -0.2) is 0 Å². The molecule has 0 amide bonds. The molecule has 3 heteroatoms. The van der Waals surface area contributed by atoms with Crippen molar-refractivity contribution in [3.8, 4) is 0 Å². The summed E-state index contributed by atoms with van der Waals surface area (Å²) in [6.45, 7) is 8.00. The maximum absolute atomic E-state index is 5.90. The molecule has 1 aromatic rings. The van der Waals surface area contributed by atoms with Crippen molar-refractivity contribution in [3.63, 3.8) is 0 Å². The second-order valence-electron chi connectivity index (χ2n) is 5.00. The number of hydrogen-bond donors (Lipinski definition) is 1. The van der Waals surface area contributed by atoms with Gasteiger partial charge in [-0.1, -0.05) is 30.7 Å². The highest BCUT2D eigenvalue weighted by Gasteiger charge is 2.38. The van der Waals surface area contributed by atoms with E-state index in [4.69, 9.17) is 15.2 Å². The molecule has 1 aromatic carbocycles. The van der Waals surface area contributed by atoms with Gasteiger partial charge in [0.05, 0.1) is 19.8 Å². The van der Waals surface area contributed by atoms with Gasteiger partial charge < -0.3 is 15.2 Å². The Morgan fingerprint density at radius 1 is 1.29 bits per heavy atom. The largest absolute Gasteiger partial charge is 0.344 e. The molecule has 0 aromatic heterocycles. The van der Waals surface area contributed by atoms with Crippen LogP contribution in [0, 0.1) is 19.8 Å². The Morgan fingerprint density at radius 2 is 1.94 bits per heavy atom. The fourth-order valence-electron chi connectivity index (χ4n) is 2.17. The van der Waals surface area contributed by atoms with Crippen LogP contribution in [-0.4, -0.2) is 19.8 Å². The maximum atomic E-state index is 5.90. The third kappa shape index (κ3) is 2.37. The fraction of sp³-hybridized carbons (Fsp3) is 0.571. The van der Waals surface area contributed by atoms with Gasteiger partial charge in [0.25, 0.3) is 0 Å². The van der Waals surface area contributed by atoms with Crippen LogP contribution in [0.5, 0.6) is 0 Å². The highest BCUT2D eigenvalue weighted by molar-refractivity contribution is 5.34. The van der Waals surface area contributed by atoms with Crippen molar-refractivity contribution in [3.05, 3.63) is 34.9 Å². The smallest absolute Gasteiger partial charge is 0.207 e. The Balaban J connectivity index is 2.37. The van der Waals surface area contributed by atoms with Crippen molar-refractivity contribution in [2.75, 3.05) is 19.8 Å². The first-order valence-electron chi connectivity index (χ1n) is 6.13. The molecule has 2 rings (SSSR count). The Morgan fingerprint density at radius 3 is 2.53 bits per heavy atom.